The summed E-state index contributed by atoms with van der Waals surface area (Å²) in [7, 11) is 0. The van der Waals surface area contributed by atoms with Gasteiger partial charge in [0.05, 0.1) is 0 Å². The first-order chi connectivity index (χ1) is 7.05. The molecule has 0 heterocycles. The lowest BCUT2D eigenvalue weighted by molar-refractivity contribution is -0.174. The zero-order chi connectivity index (χ0) is 13.1. The van der Waals surface area contributed by atoms with Crippen LogP contribution >= 0.6 is 0 Å². The van der Waals surface area contributed by atoms with Gasteiger partial charge in [0.2, 0.25) is 0 Å². The minimum absolute atomic E-state index is 0.0952. The maximum absolute atomic E-state index is 12.3. The standard InChI is InChI=1S/C9H13F6N/c1-4-16(5-2)6(3)7(8(10,11)12)9(13,14)15/h4-5H2,1-3H3. The van der Waals surface area contributed by atoms with Crippen molar-refractivity contribution in [3.05, 3.63) is 11.3 Å². The van der Waals surface area contributed by atoms with Crippen molar-refractivity contribution in [1.29, 1.82) is 0 Å². The van der Waals surface area contributed by atoms with Crippen molar-refractivity contribution in [3.63, 3.8) is 0 Å². The van der Waals surface area contributed by atoms with Crippen LogP contribution in [0.15, 0.2) is 11.3 Å². The second kappa shape index (κ2) is 4.97. The van der Waals surface area contributed by atoms with Crippen LogP contribution in [0.5, 0.6) is 0 Å². The molecule has 0 amide bonds. The normalized spacial score (nSPS) is 12.6. The van der Waals surface area contributed by atoms with E-state index >= 15 is 0 Å². The van der Waals surface area contributed by atoms with E-state index in [-0.39, 0.29) is 13.1 Å². The fraction of sp³-hybridized carbons (Fsp3) is 0.778. The summed E-state index contributed by atoms with van der Waals surface area (Å²) in [4.78, 5) is 1.02. The van der Waals surface area contributed by atoms with E-state index in [0.717, 1.165) is 11.8 Å². The molecule has 0 bridgehead atoms. The van der Waals surface area contributed by atoms with Crippen LogP contribution in [-0.2, 0) is 0 Å². The highest BCUT2D eigenvalue weighted by Gasteiger charge is 2.52. The smallest absolute Gasteiger partial charge is 0.375 e. The van der Waals surface area contributed by atoms with E-state index in [1.807, 2.05) is 0 Å². The van der Waals surface area contributed by atoms with Crippen LogP contribution in [0.3, 0.4) is 0 Å². The summed E-state index contributed by atoms with van der Waals surface area (Å²) in [5, 5.41) is 0. The molecule has 0 aliphatic heterocycles. The first-order valence-corrected chi connectivity index (χ1v) is 4.65. The van der Waals surface area contributed by atoms with E-state index in [0.29, 0.717) is 0 Å². The second-order valence-electron chi connectivity index (χ2n) is 3.13. The van der Waals surface area contributed by atoms with E-state index in [2.05, 4.69) is 0 Å². The van der Waals surface area contributed by atoms with Crippen LogP contribution in [0.1, 0.15) is 20.8 Å². The average molecular weight is 249 g/mol. The summed E-state index contributed by atoms with van der Waals surface area (Å²) in [6.07, 6.45) is -10.8. The van der Waals surface area contributed by atoms with Crippen molar-refractivity contribution in [2.75, 3.05) is 13.1 Å². The van der Waals surface area contributed by atoms with E-state index in [1.165, 1.54) is 13.8 Å². The molecule has 1 nitrogen and oxygen atoms in total. The molecule has 0 radical (unpaired) electrons. The van der Waals surface area contributed by atoms with Crippen molar-refractivity contribution in [2.24, 2.45) is 0 Å². The third-order valence-corrected chi connectivity index (χ3v) is 2.17. The molecule has 0 atom stereocenters. The van der Waals surface area contributed by atoms with Gasteiger partial charge in [0.15, 0.2) is 5.57 Å². The molecule has 0 aromatic heterocycles. The molecular weight excluding hydrogens is 236 g/mol. The van der Waals surface area contributed by atoms with Crippen LogP contribution in [0.4, 0.5) is 26.3 Å². The van der Waals surface area contributed by atoms with Gasteiger partial charge in [-0.2, -0.15) is 26.3 Å². The first kappa shape index (κ1) is 15.1. The minimum Gasteiger partial charge on any atom is -0.375 e. The molecule has 0 aliphatic rings. The maximum atomic E-state index is 12.3. The maximum Gasteiger partial charge on any atom is 0.422 e. The number of alkyl halides is 6. The van der Waals surface area contributed by atoms with E-state index in [9.17, 15) is 26.3 Å². The van der Waals surface area contributed by atoms with Gasteiger partial charge >= 0.3 is 12.4 Å². The zero-order valence-electron chi connectivity index (χ0n) is 9.13. The Morgan fingerprint density at radius 1 is 0.875 bits per heavy atom. The lowest BCUT2D eigenvalue weighted by atomic mass is 10.1. The Bertz CT molecular complexity index is 242. The SMILES string of the molecule is CCN(CC)C(C)=C(C(F)(F)F)C(F)(F)F. The lowest BCUT2D eigenvalue weighted by Gasteiger charge is -2.27. The Balaban J connectivity index is 5.56. The van der Waals surface area contributed by atoms with Gasteiger partial charge in [-0.1, -0.05) is 0 Å². The van der Waals surface area contributed by atoms with Crippen molar-refractivity contribution < 1.29 is 26.3 Å². The van der Waals surface area contributed by atoms with Crippen molar-refractivity contribution >= 4 is 0 Å². The van der Waals surface area contributed by atoms with Gasteiger partial charge < -0.3 is 4.90 Å². The fourth-order valence-corrected chi connectivity index (χ4v) is 1.43. The highest BCUT2D eigenvalue weighted by atomic mass is 19.4. The van der Waals surface area contributed by atoms with Crippen molar-refractivity contribution in [2.45, 2.75) is 33.1 Å². The number of allylic oxidation sites excluding steroid dienone is 2. The topological polar surface area (TPSA) is 3.24 Å². The number of hydrogen-bond acceptors (Lipinski definition) is 1. The summed E-state index contributed by atoms with van der Waals surface area (Å²) < 4.78 is 73.8. The lowest BCUT2D eigenvalue weighted by Crippen LogP contribution is -2.33. The molecular formula is C9H13F6N. The molecule has 96 valence electrons. The van der Waals surface area contributed by atoms with Crippen molar-refractivity contribution in [1.82, 2.24) is 4.90 Å². The number of nitrogens with zero attached hydrogens (tertiary/aromatic N) is 1. The van der Waals surface area contributed by atoms with E-state index in [4.69, 9.17) is 0 Å². The van der Waals surface area contributed by atoms with E-state index < -0.39 is 23.6 Å². The summed E-state index contributed by atoms with van der Waals surface area (Å²) in [6, 6.07) is 0. The number of halogens is 6. The Hall–Kier alpha value is -0.880. The number of hydrogen-bond donors (Lipinski definition) is 0. The molecule has 7 heteroatoms. The zero-order valence-corrected chi connectivity index (χ0v) is 9.13. The summed E-state index contributed by atoms with van der Waals surface area (Å²) in [6.45, 7) is 4.02. The number of rotatable bonds is 3. The molecule has 0 saturated heterocycles. The summed E-state index contributed by atoms with van der Waals surface area (Å²) in [5.41, 5.74) is -3.21. The predicted octanol–water partition coefficient (Wildman–Crippen LogP) is 3.73. The van der Waals surface area contributed by atoms with E-state index in [1.54, 1.807) is 0 Å². The van der Waals surface area contributed by atoms with Gasteiger partial charge in [-0.15, -0.1) is 0 Å². The molecule has 0 aromatic rings. The molecule has 0 unspecified atom stereocenters. The Morgan fingerprint density at radius 3 is 1.38 bits per heavy atom. The van der Waals surface area contributed by atoms with Gasteiger partial charge in [0.1, 0.15) is 0 Å². The minimum atomic E-state index is -5.38. The molecule has 0 N–H and O–H groups in total. The molecule has 16 heavy (non-hydrogen) atoms. The highest BCUT2D eigenvalue weighted by Crippen LogP contribution is 2.41. The van der Waals surface area contributed by atoms with Gasteiger partial charge in [0, 0.05) is 18.8 Å². The van der Waals surface area contributed by atoms with Crippen molar-refractivity contribution in [3.8, 4) is 0 Å². The van der Waals surface area contributed by atoms with Crippen LogP contribution in [0, 0.1) is 0 Å². The highest BCUT2D eigenvalue weighted by molar-refractivity contribution is 5.21. The van der Waals surface area contributed by atoms with Gasteiger partial charge in [-0.05, 0) is 20.8 Å². The summed E-state index contributed by atoms with van der Waals surface area (Å²) >= 11 is 0. The fourth-order valence-electron chi connectivity index (χ4n) is 1.43. The van der Waals surface area contributed by atoms with Gasteiger partial charge in [-0.3, -0.25) is 0 Å². The van der Waals surface area contributed by atoms with Crippen LogP contribution in [0.25, 0.3) is 0 Å². The molecule has 0 spiro atoms. The van der Waals surface area contributed by atoms with Crippen LogP contribution in [-0.4, -0.2) is 30.3 Å². The van der Waals surface area contributed by atoms with Crippen LogP contribution < -0.4 is 0 Å². The summed E-state index contributed by atoms with van der Waals surface area (Å²) in [5.74, 6) is 0. The molecule has 0 aromatic carbocycles. The van der Waals surface area contributed by atoms with Crippen LogP contribution in [0.2, 0.25) is 0 Å². The Morgan fingerprint density at radius 2 is 1.19 bits per heavy atom. The quantitative estimate of drug-likeness (QED) is 0.689. The Labute approximate surface area is 89.7 Å². The second-order valence-corrected chi connectivity index (χ2v) is 3.13. The molecule has 0 saturated carbocycles. The molecule has 0 rings (SSSR count). The molecule has 0 aliphatic carbocycles. The Kier molecular flexibility index (Phi) is 4.69. The van der Waals surface area contributed by atoms with Gasteiger partial charge in [0.25, 0.3) is 0 Å². The monoisotopic (exact) mass is 249 g/mol. The first-order valence-electron chi connectivity index (χ1n) is 4.65. The third-order valence-electron chi connectivity index (χ3n) is 2.17. The van der Waals surface area contributed by atoms with Gasteiger partial charge in [-0.25, -0.2) is 0 Å². The largest absolute Gasteiger partial charge is 0.422 e. The third kappa shape index (κ3) is 3.61. The predicted molar refractivity (Wildman–Crippen MR) is 47.7 cm³/mol. The average Bonchev–Trinajstić information content (AvgIpc) is 2.00. The molecule has 0 fully saturated rings.